The van der Waals surface area contributed by atoms with Gasteiger partial charge in [-0.25, -0.2) is 0 Å². The van der Waals surface area contributed by atoms with E-state index in [0.717, 1.165) is 13.0 Å². The average molecular weight is 250 g/mol. The molecule has 1 atom stereocenters. The molecule has 1 aromatic rings. The van der Waals surface area contributed by atoms with Crippen LogP contribution in [0.5, 0.6) is 0 Å². The fraction of sp³-hybridized carbons (Fsp3) is 0.786. The first kappa shape index (κ1) is 13.6. The minimum atomic E-state index is 0.355. The first-order valence-electron chi connectivity index (χ1n) is 7.31. The molecule has 1 aliphatic rings. The Balaban J connectivity index is 2.05. The quantitative estimate of drug-likeness (QED) is 0.871. The summed E-state index contributed by atoms with van der Waals surface area (Å²) in [4.78, 5) is 2.54. The molecule has 1 aromatic heterocycles. The van der Waals surface area contributed by atoms with Gasteiger partial charge in [-0.2, -0.15) is 5.10 Å². The lowest BCUT2D eigenvalue weighted by Crippen LogP contribution is -2.34. The van der Waals surface area contributed by atoms with E-state index in [0.29, 0.717) is 12.6 Å². The van der Waals surface area contributed by atoms with E-state index in [2.05, 4.69) is 23.1 Å². The third-order valence-electron chi connectivity index (χ3n) is 3.80. The Morgan fingerprint density at radius 3 is 2.61 bits per heavy atom. The van der Waals surface area contributed by atoms with Crippen molar-refractivity contribution in [2.75, 3.05) is 19.6 Å². The third kappa shape index (κ3) is 3.33. The zero-order valence-corrected chi connectivity index (χ0v) is 11.5. The van der Waals surface area contributed by atoms with Gasteiger partial charge in [0.15, 0.2) is 0 Å². The second-order valence-electron chi connectivity index (χ2n) is 5.24. The number of nitrogens with zero attached hydrogens (tertiary/aromatic N) is 3. The molecule has 4 nitrogen and oxygen atoms in total. The Labute approximate surface area is 110 Å². The van der Waals surface area contributed by atoms with E-state index in [1.54, 1.807) is 0 Å². The largest absolute Gasteiger partial charge is 0.329 e. The molecule has 0 radical (unpaired) electrons. The van der Waals surface area contributed by atoms with Crippen molar-refractivity contribution in [3.63, 3.8) is 0 Å². The van der Waals surface area contributed by atoms with Gasteiger partial charge in [0.05, 0.1) is 12.2 Å². The van der Waals surface area contributed by atoms with Gasteiger partial charge in [0.1, 0.15) is 0 Å². The van der Waals surface area contributed by atoms with Crippen LogP contribution in [0.2, 0.25) is 0 Å². The van der Waals surface area contributed by atoms with Crippen molar-refractivity contribution in [1.82, 2.24) is 14.7 Å². The van der Waals surface area contributed by atoms with E-state index in [1.807, 2.05) is 10.9 Å². The Kier molecular flexibility index (Phi) is 5.20. The predicted octanol–water partition coefficient (Wildman–Crippen LogP) is 2.17. The van der Waals surface area contributed by atoms with Crippen molar-refractivity contribution in [3.8, 4) is 0 Å². The van der Waals surface area contributed by atoms with Crippen molar-refractivity contribution >= 4 is 0 Å². The van der Waals surface area contributed by atoms with Crippen LogP contribution in [0.25, 0.3) is 0 Å². The number of rotatable bonds is 5. The smallest absolute Gasteiger partial charge is 0.0538 e. The van der Waals surface area contributed by atoms with Crippen LogP contribution in [-0.2, 0) is 6.54 Å². The monoisotopic (exact) mass is 250 g/mol. The van der Waals surface area contributed by atoms with Crippen LogP contribution >= 0.6 is 0 Å². The topological polar surface area (TPSA) is 47.1 Å². The first-order chi connectivity index (χ1) is 8.85. The molecular weight excluding hydrogens is 224 g/mol. The van der Waals surface area contributed by atoms with Crippen LogP contribution in [0.3, 0.4) is 0 Å². The first-order valence-corrected chi connectivity index (χ1v) is 7.31. The molecule has 0 aromatic carbocycles. The molecule has 0 aliphatic carbocycles. The molecule has 0 saturated carbocycles. The van der Waals surface area contributed by atoms with E-state index in [1.165, 1.54) is 44.3 Å². The van der Waals surface area contributed by atoms with Crippen LogP contribution in [0.4, 0.5) is 0 Å². The molecule has 4 heteroatoms. The van der Waals surface area contributed by atoms with Gasteiger partial charge in [0, 0.05) is 24.8 Å². The number of hydrogen-bond acceptors (Lipinski definition) is 3. The van der Waals surface area contributed by atoms with Gasteiger partial charge < -0.3 is 5.73 Å². The van der Waals surface area contributed by atoms with Crippen LogP contribution in [-0.4, -0.2) is 34.3 Å². The molecule has 2 heterocycles. The van der Waals surface area contributed by atoms with E-state index in [-0.39, 0.29) is 0 Å². The van der Waals surface area contributed by atoms with Gasteiger partial charge >= 0.3 is 0 Å². The van der Waals surface area contributed by atoms with Gasteiger partial charge in [-0.15, -0.1) is 0 Å². The average Bonchev–Trinajstić information content (AvgIpc) is 2.66. The number of nitrogens with two attached hydrogens (primary N) is 1. The minimum absolute atomic E-state index is 0.355. The summed E-state index contributed by atoms with van der Waals surface area (Å²) in [6.45, 7) is 6.23. The Hall–Kier alpha value is -0.870. The van der Waals surface area contributed by atoms with Crippen molar-refractivity contribution in [1.29, 1.82) is 0 Å². The van der Waals surface area contributed by atoms with Gasteiger partial charge in [-0.05, 0) is 32.4 Å². The lowest BCUT2D eigenvalue weighted by molar-refractivity contribution is 0.209. The van der Waals surface area contributed by atoms with E-state index in [4.69, 9.17) is 5.73 Å². The highest BCUT2D eigenvalue weighted by Crippen LogP contribution is 2.23. The maximum Gasteiger partial charge on any atom is 0.0538 e. The second-order valence-corrected chi connectivity index (χ2v) is 5.24. The Morgan fingerprint density at radius 1 is 1.28 bits per heavy atom. The highest BCUT2D eigenvalue weighted by atomic mass is 15.3. The van der Waals surface area contributed by atoms with E-state index < -0.39 is 0 Å². The Bertz CT molecular complexity index is 339. The molecule has 0 bridgehead atoms. The molecule has 1 aliphatic heterocycles. The van der Waals surface area contributed by atoms with Crippen molar-refractivity contribution < 1.29 is 0 Å². The maximum atomic E-state index is 5.99. The molecule has 0 amide bonds. The summed E-state index contributed by atoms with van der Waals surface area (Å²) in [5.41, 5.74) is 7.28. The van der Waals surface area contributed by atoms with Crippen LogP contribution in [0, 0.1) is 0 Å². The molecule has 1 fully saturated rings. The lowest BCUT2D eigenvalue weighted by atomic mass is 10.1. The molecule has 102 valence electrons. The summed E-state index contributed by atoms with van der Waals surface area (Å²) < 4.78 is 2.04. The van der Waals surface area contributed by atoms with Gasteiger partial charge in [-0.1, -0.05) is 19.8 Å². The highest BCUT2D eigenvalue weighted by Gasteiger charge is 2.21. The number of likely N-dealkylation sites (tertiary alicyclic amines) is 1. The second kappa shape index (κ2) is 6.90. The SMILES string of the molecule is CCCn1cc(C(CN)N2CCCCCC2)cn1. The molecule has 2 rings (SSSR count). The lowest BCUT2D eigenvalue weighted by Gasteiger charge is -2.28. The fourth-order valence-corrected chi connectivity index (χ4v) is 2.81. The van der Waals surface area contributed by atoms with Crippen molar-refractivity contribution in [3.05, 3.63) is 18.0 Å². The predicted molar refractivity (Wildman–Crippen MR) is 74.4 cm³/mol. The maximum absolute atomic E-state index is 5.99. The number of aryl methyl sites for hydroxylation is 1. The van der Waals surface area contributed by atoms with Crippen LogP contribution < -0.4 is 5.73 Å². The van der Waals surface area contributed by atoms with Gasteiger partial charge in [-0.3, -0.25) is 9.58 Å². The standard InChI is InChI=1S/C14H26N4/c1-2-7-18-12-13(11-16-18)14(10-15)17-8-5-3-4-6-9-17/h11-12,14H,2-10,15H2,1H3. The third-order valence-corrected chi connectivity index (χ3v) is 3.80. The minimum Gasteiger partial charge on any atom is -0.329 e. The summed E-state index contributed by atoms with van der Waals surface area (Å²) >= 11 is 0. The van der Waals surface area contributed by atoms with E-state index in [9.17, 15) is 0 Å². The normalized spacial score (nSPS) is 19.7. The molecule has 0 spiro atoms. The fourth-order valence-electron chi connectivity index (χ4n) is 2.81. The summed E-state index contributed by atoms with van der Waals surface area (Å²) in [7, 11) is 0. The molecular formula is C14H26N4. The van der Waals surface area contributed by atoms with Crippen LogP contribution in [0.1, 0.15) is 50.6 Å². The van der Waals surface area contributed by atoms with Crippen LogP contribution in [0.15, 0.2) is 12.4 Å². The zero-order chi connectivity index (χ0) is 12.8. The summed E-state index contributed by atoms with van der Waals surface area (Å²) in [6.07, 6.45) is 10.6. The van der Waals surface area contributed by atoms with Crippen molar-refractivity contribution in [2.24, 2.45) is 5.73 Å². The van der Waals surface area contributed by atoms with E-state index >= 15 is 0 Å². The molecule has 1 saturated heterocycles. The van der Waals surface area contributed by atoms with Crippen molar-refractivity contribution in [2.45, 2.75) is 51.6 Å². The van der Waals surface area contributed by atoms with Gasteiger partial charge in [0.25, 0.3) is 0 Å². The molecule has 18 heavy (non-hydrogen) atoms. The number of aromatic nitrogens is 2. The summed E-state index contributed by atoms with van der Waals surface area (Å²) in [5, 5.41) is 4.43. The zero-order valence-electron chi connectivity index (χ0n) is 11.5. The summed E-state index contributed by atoms with van der Waals surface area (Å²) in [6, 6.07) is 0.355. The molecule has 2 N–H and O–H groups in total. The van der Waals surface area contributed by atoms with Gasteiger partial charge in [0.2, 0.25) is 0 Å². The highest BCUT2D eigenvalue weighted by molar-refractivity contribution is 5.11. The summed E-state index contributed by atoms with van der Waals surface area (Å²) in [5.74, 6) is 0. The molecule has 1 unspecified atom stereocenters. The number of hydrogen-bond donors (Lipinski definition) is 1. The Morgan fingerprint density at radius 2 is 2.00 bits per heavy atom.